The lowest BCUT2D eigenvalue weighted by atomic mass is 9.99. The predicted molar refractivity (Wildman–Crippen MR) is 97.1 cm³/mol. The van der Waals surface area contributed by atoms with E-state index in [2.05, 4.69) is 35.0 Å². The third-order valence-electron chi connectivity index (χ3n) is 5.22. The van der Waals surface area contributed by atoms with Crippen LogP contribution >= 0.6 is 0 Å². The van der Waals surface area contributed by atoms with Crippen molar-refractivity contribution >= 4 is 10.8 Å². The molecular formula is C21H20NO4+. The van der Waals surface area contributed by atoms with Gasteiger partial charge in [0.2, 0.25) is 12.5 Å². The Bertz CT molecular complexity index is 1030. The van der Waals surface area contributed by atoms with Crippen LogP contribution in [0, 0.1) is 0 Å². The lowest BCUT2D eigenvalue weighted by Crippen LogP contribution is -2.35. The summed E-state index contributed by atoms with van der Waals surface area (Å²) < 4.78 is 24.6. The van der Waals surface area contributed by atoms with Crippen molar-refractivity contribution in [1.82, 2.24) is 0 Å². The molecule has 0 saturated carbocycles. The molecule has 0 bridgehead atoms. The molecule has 0 unspecified atom stereocenters. The summed E-state index contributed by atoms with van der Waals surface area (Å²) in [5.41, 5.74) is 3.71. The van der Waals surface area contributed by atoms with E-state index in [1.165, 1.54) is 16.8 Å². The zero-order chi connectivity index (χ0) is 17.7. The lowest BCUT2D eigenvalue weighted by molar-refractivity contribution is -0.684. The van der Waals surface area contributed by atoms with Crippen LogP contribution in [0.15, 0.2) is 36.5 Å². The summed E-state index contributed by atoms with van der Waals surface area (Å²) in [7, 11) is 3.35. The molecule has 3 aromatic rings. The Labute approximate surface area is 151 Å². The summed E-state index contributed by atoms with van der Waals surface area (Å²) in [4.78, 5) is 0. The van der Waals surface area contributed by atoms with Gasteiger partial charge in [0.05, 0.1) is 25.2 Å². The van der Waals surface area contributed by atoms with Gasteiger partial charge in [-0.1, -0.05) is 0 Å². The summed E-state index contributed by atoms with van der Waals surface area (Å²) >= 11 is 0. The van der Waals surface area contributed by atoms with E-state index in [1.54, 1.807) is 14.2 Å². The van der Waals surface area contributed by atoms with Crippen LogP contribution in [0.1, 0.15) is 12.0 Å². The number of aryl methyl sites for hydroxylation is 2. The van der Waals surface area contributed by atoms with Crippen LogP contribution in [0.4, 0.5) is 0 Å². The average molecular weight is 350 g/mol. The lowest BCUT2D eigenvalue weighted by Gasteiger charge is -2.11. The highest BCUT2D eigenvalue weighted by Crippen LogP contribution is 2.41. The Kier molecular flexibility index (Phi) is 3.42. The van der Waals surface area contributed by atoms with Gasteiger partial charge in [0.1, 0.15) is 6.54 Å². The molecule has 1 aromatic heterocycles. The van der Waals surface area contributed by atoms with E-state index in [0.717, 1.165) is 53.2 Å². The summed E-state index contributed by atoms with van der Waals surface area (Å²) in [5.74, 6) is 3.20. The summed E-state index contributed by atoms with van der Waals surface area (Å²) in [5, 5.41) is 2.18. The number of nitrogens with zero attached hydrogens (tertiary/aromatic N) is 1. The topological polar surface area (TPSA) is 40.8 Å². The van der Waals surface area contributed by atoms with E-state index in [-0.39, 0.29) is 0 Å². The van der Waals surface area contributed by atoms with Gasteiger partial charge in [0, 0.05) is 12.5 Å². The van der Waals surface area contributed by atoms with Crippen molar-refractivity contribution in [2.45, 2.75) is 19.4 Å². The van der Waals surface area contributed by atoms with E-state index >= 15 is 0 Å². The van der Waals surface area contributed by atoms with Crippen LogP contribution in [-0.2, 0) is 13.0 Å². The predicted octanol–water partition coefficient (Wildman–Crippen LogP) is 3.49. The van der Waals surface area contributed by atoms with E-state index in [4.69, 9.17) is 18.9 Å². The molecule has 0 amide bonds. The van der Waals surface area contributed by atoms with Crippen LogP contribution < -0.4 is 23.5 Å². The zero-order valence-electron chi connectivity index (χ0n) is 14.9. The van der Waals surface area contributed by atoms with Crippen LogP contribution in [0.2, 0.25) is 0 Å². The molecule has 132 valence electrons. The van der Waals surface area contributed by atoms with E-state index in [9.17, 15) is 0 Å². The normalized spacial score (nSPS) is 14.5. The molecule has 5 heteroatoms. The molecule has 5 rings (SSSR count). The number of methoxy groups -OCH3 is 2. The Hall–Kier alpha value is -2.95. The van der Waals surface area contributed by atoms with E-state index in [1.807, 2.05) is 6.07 Å². The van der Waals surface area contributed by atoms with Gasteiger partial charge in [0.25, 0.3) is 0 Å². The van der Waals surface area contributed by atoms with Crippen LogP contribution in [0.5, 0.6) is 23.0 Å². The average Bonchev–Trinajstić information content (AvgIpc) is 3.05. The molecule has 0 N–H and O–H groups in total. The van der Waals surface area contributed by atoms with Crippen LogP contribution in [0.3, 0.4) is 0 Å². The number of benzene rings is 2. The first-order valence-electron chi connectivity index (χ1n) is 8.79. The van der Waals surface area contributed by atoms with Crippen LogP contribution in [-0.4, -0.2) is 21.0 Å². The van der Waals surface area contributed by atoms with Gasteiger partial charge in [0.15, 0.2) is 29.2 Å². The minimum absolute atomic E-state index is 0.299. The third-order valence-corrected chi connectivity index (χ3v) is 5.22. The fourth-order valence-corrected chi connectivity index (χ4v) is 3.97. The standard InChI is InChI=1S/C21H20NO4/c1-23-18-6-5-14-8-17-15-10-20-19(25-12-26-20)9-13(15)4-3-7-22(17)11-16(14)21(18)24-2/h5-6,8-11H,3-4,7,12H2,1-2H3/q+1. The summed E-state index contributed by atoms with van der Waals surface area (Å²) in [6.07, 6.45) is 4.26. The fraction of sp³-hybridized carbons (Fsp3) is 0.286. The highest BCUT2D eigenvalue weighted by atomic mass is 16.7. The highest BCUT2D eigenvalue weighted by molar-refractivity contribution is 5.91. The molecule has 0 atom stereocenters. The Morgan fingerprint density at radius 3 is 2.65 bits per heavy atom. The quantitative estimate of drug-likeness (QED) is 0.664. The maximum Gasteiger partial charge on any atom is 0.231 e. The minimum atomic E-state index is 0.299. The number of hydrogen-bond acceptors (Lipinski definition) is 4. The number of ether oxygens (including phenoxy) is 4. The molecule has 3 heterocycles. The second-order valence-corrected chi connectivity index (χ2v) is 6.62. The number of fused-ring (bicyclic) bond motifs is 5. The van der Waals surface area contributed by atoms with Crippen molar-refractivity contribution < 1.29 is 23.5 Å². The molecule has 26 heavy (non-hydrogen) atoms. The Balaban J connectivity index is 1.77. The van der Waals surface area contributed by atoms with Crippen molar-refractivity contribution in [2.24, 2.45) is 0 Å². The fourth-order valence-electron chi connectivity index (χ4n) is 3.97. The van der Waals surface area contributed by atoms with Crippen molar-refractivity contribution in [1.29, 1.82) is 0 Å². The molecule has 2 aliphatic rings. The van der Waals surface area contributed by atoms with Gasteiger partial charge in [-0.05, 0) is 41.6 Å². The molecular weight excluding hydrogens is 330 g/mol. The van der Waals surface area contributed by atoms with Crippen molar-refractivity contribution in [3.8, 4) is 34.3 Å². The molecule has 2 aliphatic heterocycles. The highest BCUT2D eigenvalue weighted by Gasteiger charge is 2.27. The number of aromatic nitrogens is 1. The number of hydrogen-bond donors (Lipinski definition) is 0. The third kappa shape index (κ3) is 2.20. The first-order chi connectivity index (χ1) is 12.8. The maximum absolute atomic E-state index is 5.63. The Morgan fingerprint density at radius 1 is 1.00 bits per heavy atom. The van der Waals surface area contributed by atoms with Gasteiger partial charge in [-0.15, -0.1) is 0 Å². The van der Waals surface area contributed by atoms with Crippen LogP contribution in [0.25, 0.3) is 22.0 Å². The largest absolute Gasteiger partial charge is 0.493 e. The van der Waals surface area contributed by atoms with Crippen molar-refractivity contribution in [3.05, 3.63) is 42.1 Å². The molecule has 0 saturated heterocycles. The summed E-state index contributed by atoms with van der Waals surface area (Å²) in [6.45, 7) is 1.25. The molecule has 0 radical (unpaired) electrons. The van der Waals surface area contributed by atoms with Gasteiger partial charge >= 0.3 is 0 Å². The Morgan fingerprint density at radius 2 is 1.85 bits per heavy atom. The molecule has 0 spiro atoms. The van der Waals surface area contributed by atoms with E-state index in [0.29, 0.717) is 6.79 Å². The van der Waals surface area contributed by atoms with Gasteiger partial charge in [-0.25, -0.2) is 0 Å². The van der Waals surface area contributed by atoms with Crippen molar-refractivity contribution in [3.63, 3.8) is 0 Å². The molecule has 0 aliphatic carbocycles. The smallest absolute Gasteiger partial charge is 0.231 e. The summed E-state index contributed by atoms with van der Waals surface area (Å²) in [6, 6.07) is 10.5. The maximum atomic E-state index is 5.63. The van der Waals surface area contributed by atoms with Gasteiger partial charge < -0.3 is 18.9 Å². The second kappa shape index (κ2) is 5.80. The first-order valence-corrected chi connectivity index (χ1v) is 8.79. The van der Waals surface area contributed by atoms with Crippen molar-refractivity contribution in [2.75, 3.05) is 21.0 Å². The monoisotopic (exact) mass is 350 g/mol. The second-order valence-electron chi connectivity index (χ2n) is 6.62. The number of pyridine rings is 1. The first kappa shape index (κ1) is 15.3. The van der Waals surface area contributed by atoms with Gasteiger partial charge in [-0.3, -0.25) is 0 Å². The van der Waals surface area contributed by atoms with E-state index < -0.39 is 0 Å². The molecule has 5 nitrogen and oxygen atoms in total. The zero-order valence-corrected chi connectivity index (χ0v) is 14.9. The number of rotatable bonds is 2. The van der Waals surface area contributed by atoms with Gasteiger partial charge in [-0.2, -0.15) is 4.57 Å². The molecule has 0 fully saturated rings. The molecule has 2 aromatic carbocycles. The SMILES string of the molecule is COc1ccc2cc3[n+](cc2c1OC)CCCc1cc2c(cc1-3)OCO2. The minimum Gasteiger partial charge on any atom is -0.493 e.